The summed E-state index contributed by atoms with van der Waals surface area (Å²) < 4.78 is 2.27. The van der Waals surface area contributed by atoms with Gasteiger partial charge in [-0.25, -0.2) is 0 Å². The van der Waals surface area contributed by atoms with Crippen LogP contribution in [0.5, 0.6) is 0 Å². The van der Waals surface area contributed by atoms with Crippen molar-refractivity contribution >= 4 is 31.9 Å². The Morgan fingerprint density at radius 3 is 2.69 bits per heavy atom. The van der Waals surface area contributed by atoms with Crippen molar-refractivity contribution in [2.45, 2.75) is 25.3 Å². The molecule has 1 N–H and O–H groups in total. The molecule has 0 fully saturated rings. The Bertz CT molecular complexity index is 412. The highest BCUT2D eigenvalue weighted by Gasteiger charge is 2.19. The molecule has 1 aliphatic rings. The molecule has 3 heteroatoms. The van der Waals surface area contributed by atoms with E-state index in [1.807, 2.05) is 7.05 Å². The van der Waals surface area contributed by atoms with Gasteiger partial charge in [0.2, 0.25) is 0 Å². The van der Waals surface area contributed by atoms with Gasteiger partial charge in [0.25, 0.3) is 0 Å². The van der Waals surface area contributed by atoms with Gasteiger partial charge in [0.15, 0.2) is 0 Å². The van der Waals surface area contributed by atoms with Crippen LogP contribution in [0.15, 0.2) is 38.8 Å². The fourth-order valence-corrected chi connectivity index (χ4v) is 3.51. The summed E-state index contributed by atoms with van der Waals surface area (Å²) in [6.07, 6.45) is 6.10. The molecule has 0 spiro atoms. The minimum atomic E-state index is 0.352. The number of benzene rings is 1. The third-order valence-corrected chi connectivity index (χ3v) is 4.19. The molecule has 86 valence electrons. The number of hydrogen-bond donors (Lipinski definition) is 1. The molecule has 1 atom stereocenters. The van der Waals surface area contributed by atoms with Crippen LogP contribution >= 0.6 is 31.9 Å². The first-order valence-corrected chi connectivity index (χ1v) is 7.12. The zero-order valence-electron chi connectivity index (χ0n) is 9.26. The van der Waals surface area contributed by atoms with E-state index in [9.17, 15) is 0 Å². The molecule has 2 rings (SSSR count). The fourth-order valence-electron chi connectivity index (χ4n) is 2.23. The van der Waals surface area contributed by atoms with Crippen LogP contribution in [0.1, 0.15) is 30.9 Å². The summed E-state index contributed by atoms with van der Waals surface area (Å²) in [6.45, 7) is 0. The standard InChI is InChI=1S/C13H15Br2N/c1-16-13(9-4-2-3-5-9)11-7-6-10(14)8-12(11)15/h4,6-8,13,16H,2-3,5H2,1H3. The van der Waals surface area contributed by atoms with Crippen molar-refractivity contribution in [3.63, 3.8) is 0 Å². The Balaban J connectivity index is 2.32. The summed E-state index contributed by atoms with van der Waals surface area (Å²) in [5, 5.41) is 3.41. The maximum absolute atomic E-state index is 3.64. The number of rotatable bonds is 3. The molecule has 1 unspecified atom stereocenters. The lowest BCUT2D eigenvalue weighted by atomic mass is 9.98. The molecule has 1 aliphatic carbocycles. The lowest BCUT2D eigenvalue weighted by molar-refractivity contribution is 0.653. The van der Waals surface area contributed by atoms with Crippen LogP contribution in [0.4, 0.5) is 0 Å². The van der Waals surface area contributed by atoms with Crippen molar-refractivity contribution in [1.29, 1.82) is 0 Å². The molecule has 16 heavy (non-hydrogen) atoms. The predicted molar refractivity (Wildman–Crippen MR) is 75.6 cm³/mol. The molecule has 0 saturated heterocycles. The third kappa shape index (κ3) is 2.58. The van der Waals surface area contributed by atoms with E-state index in [0.717, 1.165) is 8.95 Å². The lowest BCUT2D eigenvalue weighted by Gasteiger charge is -2.20. The molecule has 0 bridgehead atoms. The highest BCUT2D eigenvalue weighted by molar-refractivity contribution is 9.11. The van der Waals surface area contributed by atoms with E-state index in [2.05, 4.69) is 61.5 Å². The molecule has 0 saturated carbocycles. The molecule has 0 aromatic heterocycles. The van der Waals surface area contributed by atoms with Crippen LogP contribution < -0.4 is 5.32 Å². The van der Waals surface area contributed by atoms with E-state index in [4.69, 9.17) is 0 Å². The Hall–Kier alpha value is -0.120. The SMILES string of the molecule is CNC(C1=CCCC1)c1ccc(Br)cc1Br. The Morgan fingerprint density at radius 2 is 2.12 bits per heavy atom. The van der Waals surface area contributed by atoms with E-state index < -0.39 is 0 Å². The molecular weight excluding hydrogens is 330 g/mol. The van der Waals surface area contributed by atoms with Crippen molar-refractivity contribution in [3.8, 4) is 0 Å². The molecule has 1 nitrogen and oxygen atoms in total. The summed E-state index contributed by atoms with van der Waals surface area (Å²) in [4.78, 5) is 0. The molecule has 1 aromatic rings. The minimum Gasteiger partial charge on any atom is -0.310 e. The van der Waals surface area contributed by atoms with Gasteiger partial charge in [-0.15, -0.1) is 0 Å². The zero-order chi connectivity index (χ0) is 11.5. The second kappa shape index (κ2) is 5.48. The number of allylic oxidation sites excluding steroid dienone is 1. The van der Waals surface area contributed by atoms with E-state index in [1.165, 1.54) is 30.4 Å². The summed E-state index contributed by atoms with van der Waals surface area (Å²) in [5.41, 5.74) is 2.84. The average Bonchev–Trinajstić information content (AvgIpc) is 2.75. The van der Waals surface area contributed by atoms with E-state index in [-0.39, 0.29) is 0 Å². The van der Waals surface area contributed by atoms with Crippen LogP contribution in [0.2, 0.25) is 0 Å². The average molecular weight is 345 g/mol. The second-order valence-electron chi connectivity index (χ2n) is 4.06. The Morgan fingerprint density at radius 1 is 1.31 bits per heavy atom. The maximum atomic E-state index is 3.64. The molecular formula is C13H15Br2N. The summed E-state index contributed by atoms with van der Waals surface area (Å²) >= 11 is 7.12. The van der Waals surface area contributed by atoms with Gasteiger partial charge in [0.1, 0.15) is 0 Å². The molecule has 0 amide bonds. The first kappa shape index (κ1) is 12.3. The zero-order valence-corrected chi connectivity index (χ0v) is 12.4. The van der Waals surface area contributed by atoms with Crippen LogP contribution in [0, 0.1) is 0 Å². The monoisotopic (exact) mass is 343 g/mol. The first-order chi connectivity index (χ1) is 7.72. The second-order valence-corrected chi connectivity index (χ2v) is 5.83. The Labute approximate surface area is 114 Å². The van der Waals surface area contributed by atoms with Gasteiger partial charge in [-0.3, -0.25) is 0 Å². The van der Waals surface area contributed by atoms with Crippen LogP contribution in [-0.4, -0.2) is 7.05 Å². The Kier molecular flexibility index (Phi) is 4.22. The topological polar surface area (TPSA) is 12.0 Å². The van der Waals surface area contributed by atoms with Gasteiger partial charge in [-0.05, 0) is 44.0 Å². The number of hydrogen-bond acceptors (Lipinski definition) is 1. The number of halogens is 2. The van der Waals surface area contributed by atoms with Gasteiger partial charge < -0.3 is 5.32 Å². The van der Waals surface area contributed by atoms with E-state index in [0.29, 0.717) is 6.04 Å². The summed E-state index contributed by atoms with van der Waals surface area (Å²) in [5.74, 6) is 0. The van der Waals surface area contributed by atoms with E-state index >= 15 is 0 Å². The van der Waals surface area contributed by atoms with Crippen LogP contribution in [-0.2, 0) is 0 Å². The first-order valence-electron chi connectivity index (χ1n) is 5.53. The van der Waals surface area contributed by atoms with Crippen molar-refractivity contribution in [2.75, 3.05) is 7.05 Å². The minimum absolute atomic E-state index is 0.352. The molecule has 0 radical (unpaired) electrons. The van der Waals surface area contributed by atoms with Crippen molar-refractivity contribution in [3.05, 3.63) is 44.4 Å². The van der Waals surface area contributed by atoms with Crippen molar-refractivity contribution in [1.82, 2.24) is 5.32 Å². The largest absolute Gasteiger partial charge is 0.310 e. The van der Waals surface area contributed by atoms with Crippen molar-refractivity contribution < 1.29 is 0 Å². The molecule has 0 heterocycles. The number of nitrogens with one attached hydrogen (secondary N) is 1. The third-order valence-electron chi connectivity index (χ3n) is 3.01. The maximum Gasteiger partial charge on any atom is 0.0544 e. The summed E-state index contributed by atoms with van der Waals surface area (Å²) in [6, 6.07) is 6.73. The molecule has 1 aromatic carbocycles. The number of likely N-dealkylation sites (N-methyl/N-ethyl adjacent to an activating group) is 1. The molecule has 0 aliphatic heterocycles. The summed E-state index contributed by atoms with van der Waals surface area (Å²) in [7, 11) is 2.03. The van der Waals surface area contributed by atoms with Crippen LogP contribution in [0.3, 0.4) is 0 Å². The van der Waals surface area contributed by atoms with E-state index in [1.54, 1.807) is 0 Å². The quantitative estimate of drug-likeness (QED) is 0.791. The highest BCUT2D eigenvalue weighted by Crippen LogP contribution is 2.35. The van der Waals surface area contributed by atoms with Crippen LogP contribution in [0.25, 0.3) is 0 Å². The fraction of sp³-hybridized carbons (Fsp3) is 0.385. The van der Waals surface area contributed by atoms with Gasteiger partial charge >= 0.3 is 0 Å². The highest BCUT2D eigenvalue weighted by atomic mass is 79.9. The van der Waals surface area contributed by atoms with Gasteiger partial charge in [-0.1, -0.05) is 49.6 Å². The van der Waals surface area contributed by atoms with Gasteiger partial charge in [0.05, 0.1) is 6.04 Å². The predicted octanol–water partition coefficient (Wildman–Crippen LogP) is 4.58. The van der Waals surface area contributed by atoms with Crippen molar-refractivity contribution in [2.24, 2.45) is 0 Å². The van der Waals surface area contributed by atoms with Gasteiger partial charge in [0, 0.05) is 8.95 Å². The van der Waals surface area contributed by atoms with Gasteiger partial charge in [-0.2, -0.15) is 0 Å². The smallest absolute Gasteiger partial charge is 0.0544 e. The lowest BCUT2D eigenvalue weighted by Crippen LogP contribution is -2.18. The normalized spacial score (nSPS) is 17.3.